The van der Waals surface area contributed by atoms with Crippen molar-refractivity contribution >= 4 is 29.2 Å². The van der Waals surface area contributed by atoms with Gasteiger partial charge in [-0.1, -0.05) is 11.6 Å². The molecule has 1 aromatic rings. The van der Waals surface area contributed by atoms with Crippen LogP contribution in [0.15, 0.2) is 24.4 Å². The number of rotatable bonds is 3. The van der Waals surface area contributed by atoms with Gasteiger partial charge in [0.25, 0.3) is 0 Å². The Morgan fingerprint density at radius 1 is 1.50 bits per heavy atom. The number of carbonyl (C=O) groups excluding carboxylic acids is 1. The average Bonchev–Trinajstić information content (AvgIpc) is 2.20. The van der Waals surface area contributed by atoms with Gasteiger partial charge >= 0.3 is 5.97 Å². The van der Waals surface area contributed by atoms with E-state index in [0.29, 0.717) is 5.69 Å². The normalized spacial score (nSPS) is 10.4. The Balaban J connectivity index is 2.77. The fourth-order valence-electron chi connectivity index (χ4n) is 0.962. The highest BCUT2D eigenvalue weighted by Gasteiger charge is 2.04. The Labute approximate surface area is 96.8 Å². The minimum Gasteiger partial charge on any atom is -0.478 e. The minimum atomic E-state index is -1.19. The number of aryl methyl sites for hydroxylation is 1. The number of carboxylic acid groups (broad SMARTS) is 1. The molecule has 0 bridgehead atoms. The van der Waals surface area contributed by atoms with E-state index in [1.165, 1.54) is 0 Å². The topological polar surface area (TPSA) is 79.3 Å². The van der Waals surface area contributed by atoms with Crippen molar-refractivity contribution in [3.8, 4) is 0 Å². The van der Waals surface area contributed by atoms with Crippen LogP contribution in [0, 0.1) is 6.92 Å². The first kappa shape index (κ1) is 12.2. The van der Waals surface area contributed by atoms with E-state index in [9.17, 15) is 9.59 Å². The van der Waals surface area contributed by atoms with Crippen LogP contribution >= 0.6 is 11.6 Å². The van der Waals surface area contributed by atoms with Gasteiger partial charge in [0.05, 0.1) is 5.69 Å². The molecule has 0 aromatic carbocycles. The van der Waals surface area contributed by atoms with Gasteiger partial charge in [0, 0.05) is 18.3 Å². The summed E-state index contributed by atoms with van der Waals surface area (Å²) in [5.41, 5.74) is 1.18. The summed E-state index contributed by atoms with van der Waals surface area (Å²) >= 11 is 5.74. The van der Waals surface area contributed by atoms with Crippen molar-refractivity contribution in [3.63, 3.8) is 0 Å². The highest BCUT2D eigenvalue weighted by Crippen LogP contribution is 2.19. The molecule has 0 atom stereocenters. The third-order valence-corrected chi connectivity index (χ3v) is 1.91. The number of nitrogens with one attached hydrogen (secondary N) is 1. The van der Waals surface area contributed by atoms with Gasteiger partial charge in [-0.05, 0) is 18.6 Å². The zero-order valence-electron chi connectivity index (χ0n) is 8.40. The van der Waals surface area contributed by atoms with Crippen molar-refractivity contribution in [1.29, 1.82) is 0 Å². The van der Waals surface area contributed by atoms with Crippen LogP contribution in [0.25, 0.3) is 0 Å². The molecule has 0 aliphatic heterocycles. The lowest BCUT2D eigenvalue weighted by Crippen LogP contribution is -2.09. The molecule has 1 amide bonds. The Bertz CT molecular complexity index is 457. The Hall–Kier alpha value is -1.88. The maximum absolute atomic E-state index is 11.2. The van der Waals surface area contributed by atoms with Crippen LogP contribution < -0.4 is 5.32 Å². The molecule has 1 heterocycles. The van der Waals surface area contributed by atoms with E-state index < -0.39 is 11.9 Å². The number of nitrogens with zero attached hydrogens (tertiary/aromatic N) is 1. The first-order valence-corrected chi connectivity index (χ1v) is 4.71. The van der Waals surface area contributed by atoms with Crippen LogP contribution in [0.1, 0.15) is 5.56 Å². The Morgan fingerprint density at radius 2 is 2.19 bits per heavy atom. The Kier molecular flexibility index (Phi) is 4.02. The summed E-state index contributed by atoms with van der Waals surface area (Å²) in [4.78, 5) is 25.2. The third kappa shape index (κ3) is 3.70. The number of hydrogen-bond donors (Lipinski definition) is 2. The smallest absolute Gasteiger partial charge is 0.328 e. The van der Waals surface area contributed by atoms with Gasteiger partial charge in [-0.25, -0.2) is 9.78 Å². The molecule has 1 rings (SSSR count). The van der Waals surface area contributed by atoms with E-state index in [4.69, 9.17) is 16.7 Å². The van der Waals surface area contributed by atoms with Crippen molar-refractivity contribution in [1.82, 2.24) is 4.98 Å². The van der Waals surface area contributed by atoms with E-state index in [-0.39, 0.29) is 5.15 Å². The van der Waals surface area contributed by atoms with Crippen molar-refractivity contribution in [2.45, 2.75) is 6.92 Å². The molecule has 0 radical (unpaired) electrons. The molecule has 16 heavy (non-hydrogen) atoms. The molecule has 0 saturated carbocycles. The number of carbonyl (C=O) groups is 2. The lowest BCUT2D eigenvalue weighted by molar-refractivity contribution is -0.131. The quantitative estimate of drug-likeness (QED) is 0.622. The average molecular weight is 241 g/mol. The van der Waals surface area contributed by atoms with Crippen LogP contribution in [-0.4, -0.2) is 22.0 Å². The van der Waals surface area contributed by atoms with E-state index in [1.807, 2.05) is 0 Å². The van der Waals surface area contributed by atoms with Crippen molar-refractivity contribution < 1.29 is 14.7 Å². The van der Waals surface area contributed by atoms with Crippen LogP contribution in [-0.2, 0) is 9.59 Å². The lowest BCUT2D eigenvalue weighted by atomic mass is 10.3. The molecule has 0 aliphatic rings. The van der Waals surface area contributed by atoms with Gasteiger partial charge in [0.15, 0.2) is 5.15 Å². The maximum Gasteiger partial charge on any atom is 0.328 e. The summed E-state index contributed by atoms with van der Waals surface area (Å²) in [6.07, 6.45) is 3.21. The second-order valence-electron chi connectivity index (χ2n) is 3.01. The number of hydrogen-bond acceptors (Lipinski definition) is 3. The summed E-state index contributed by atoms with van der Waals surface area (Å²) in [6, 6.07) is 1.64. The van der Waals surface area contributed by atoms with Crippen molar-refractivity contribution in [2.24, 2.45) is 0 Å². The monoisotopic (exact) mass is 240 g/mol. The summed E-state index contributed by atoms with van der Waals surface area (Å²) in [7, 11) is 0. The molecule has 6 heteroatoms. The molecule has 0 unspecified atom stereocenters. The summed E-state index contributed by atoms with van der Waals surface area (Å²) in [5, 5.41) is 10.9. The number of pyridine rings is 1. The number of aromatic nitrogens is 1. The molecule has 0 aliphatic carbocycles. The number of aliphatic carboxylic acids is 1. The molecule has 5 nitrogen and oxygen atoms in total. The van der Waals surface area contributed by atoms with Gasteiger partial charge in [-0.15, -0.1) is 0 Å². The van der Waals surface area contributed by atoms with Crippen LogP contribution in [0.2, 0.25) is 5.15 Å². The molecule has 0 saturated heterocycles. The predicted octanol–water partition coefficient (Wildman–Crippen LogP) is 1.62. The van der Waals surface area contributed by atoms with Crippen LogP contribution in [0.4, 0.5) is 5.69 Å². The van der Waals surface area contributed by atoms with Crippen molar-refractivity contribution in [2.75, 3.05) is 5.32 Å². The third-order valence-electron chi connectivity index (χ3n) is 1.61. The second kappa shape index (κ2) is 5.27. The number of anilines is 1. The van der Waals surface area contributed by atoms with Gasteiger partial charge in [-0.3, -0.25) is 4.79 Å². The molecule has 0 fully saturated rings. The van der Waals surface area contributed by atoms with Crippen LogP contribution in [0.3, 0.4) is 0 Å². The maximum atomic E-state index is 11.2. The molecule has 1 aromatic heterocycles. The second-order valence-corrected chi connectivity index (χ2v) is 3.37. The Morgan fingerprint density at radius 3 is 2.81 bits per heavy atom. The van der Waals surface area contributed by atoms with E-state index in [0.717, 1.165) is 17.7 Å². The molecular formula is C10H9ClN2O3. The first-order chi connectivity index (χ1) is 7.49. The zero-order chi connectivity index (χ0) is 12.1. The predicted molar refractivity (Wildman–Crippen MR) is 59.4 cm³/mol. The highest BCUT2D eigenvalue weighted by atomic mass is 35.5. The van der Waals surface area contributed by atoms with Gasteiger partial charge < -0.3 is 10.4 Å². The fourth-order valence-corrected chi connectivity index (χ4v) is 1.11. The fraction of sp³-hybridized carbons (Fsp3) is 0.100. The number of carboxylic acids is 1. The number of halogens is 1. The van der Waals surface area contributed by atoms with Gasteiger partial charge in [0.2, 0.25) is 5.91 Å². The minimum absolute atomic E-state index is 0.155. The van der Waals surface area contributed by atoms with Crippen molar-refractivity contribution in [3.05, 3.63) is 35.1 Å². The molecule has 0 spiro atoms. The summed E-state index contributed by atoms with van der Waals surface area (Å²) < 4.78 is 0. The first-order valence-electron chi connectivity index (χ1n) is 4.33. The van der Waals surface area contributed by atoms with Gasteiger partial charge in [0.1, 0.15) is 0 Å². The largest absolute Gasteiger partial charge is 0.478 e. The summed E-state index contributed by atoms with van der Waals surface area (Å²) in [6.45, 7) is 1.80. The van der Waals surface area contributed by atoms with E-state index in [1.54, 1.807) is 19.2 Å². The standard InChI is InChI=1S/C10H9ClN2O3/c1-6-4-7(10(11)12-5-6)13-8(14)2-3-9(15)16/h2-5H,1H3,(H,13,14)(H,15,16)/b3-2+. The number of amides is 1. The lowest BCUT2D eigenvalue weighted by Gasteiger charge is -2.04. The highest BCUT2D eigenvalue weighted by molar-refractivity contribution is 6.32. The van der Waals surface area contributed by atoms with E-state index in [2.05, 4.69) is 10.3 Å². The molecule has 2 N–H and O–H groups in total. The summed E-state index contributed by atoms with van der Waals surface area (Å²) in [5.74, 6) is -1.76. The zero-order valence-corrected chi connectivity index (χ0v) is 9.15. The molecular weight excluding hydrogens is 232 g/mol. The van der Waals surface area contributed by atoms with Gasteiger partial charge in [-0.2, -0.15) is 0 Å². The van der Waals surface area contributed by atoms with Crippen LogP contribution in [0.5, 0.6) is 0 Å². The van der Waals surface area contributed by atoms with E-state index >= 15 is 0 Å². The molecule has 84 valence electrons. The SMILES string of the molecule is Cc1cnc(Cl)c(NC(=O)/C=C/C(=O)O)c1.